The molecule has 2 nitrogen and oxygen atoms in total. The van der Waals surface area contributed by atoms with Crippen LogP contribution in [0.25, 0.3) is 0 Å². The molecule has 2 aromatic rings. The summed E-state index contributed by atoms with van der Waals surface area (Å²) in [4.78, 5) is 1.02. The van der Waals surface area contributed by atoms with Crippen LogP contribution in [0.2, 0.25) is 0 Å². The first-order valence-electron chi connectivity index (χ1n) is 5.53. The minimum Gasteiger partial charge on any atom is -0.484 e. The van der Waals surface area contributed by atoms with Gasteiger partial charge in [0.15, 0.2) is 0 Å². The molecule has 94 valence electrons. The first kappa shape index (κ1) is 12.1. The van der Waals surface area contributed by atoms with Gasteiger partial charge in [-0.3, -0.25) is 0 Å². The van der Waals surface area contributed by atoms with E-state index >= 15 is 0 Å². The molecule has 0 spiro atoms. The highest BCUT2D eigenvalue weighted by Gasteiger charge is 2.29. The van der Waals surface area contributed by atoms with Crippen molar-refractivity contribution in [2.75, 3.05) is 0 Å². The van der Waals surface area contributed by atoms with E-state index in [4.69, 9.17) is 4.74 Å². The van der Waals surface area contributed by atoms with Gasteiger partial charge in [0.1, 0.15) is 17.7 Å². The maximum atomic E-state index is 13.2. The van der Waals surface area contributed by atoms with Crippen LogP contribution in [0.15, 0.2) is 34.1 Å². The summed E-state index contributed by atoms with van der Waals surface area (Å²) in [6, 6.07) is 8.14. The number of hydrogen-bond donors (Lipinski definition) is 1. The second-order valence-electron chi connectivity index (χ2n) is 4.18. The highest BCUT2D eigenvalue weighted by molar-refractivity contribution is 9.11. The van der Waals surface area contributed by atoms with Gasteiger partial charge in [-0.25, -0.2) is 4.39 Å². The number of hydrogen-bond acceptors (Lipinski definition) is 3. The van der Waals surface area contributed by atoms with E-state index in [9.17, 15) is 9.50 Å². The summed E-state index contributed by atoms with van der Waals surface area (Å²) < 4.78 is 20.0. The highest BCUT2D eigenvalue weighted by atomic mass is 79.9. The molecular formula is C13H10BrFO2S. The average Bonchev–Trinajstić information content (AvgIpc) is 2.75. The van der Waals surface area contributed by atoms with Crippen LogP contribution in [0, 0.1) is 5.82 Å². The van der Waals surface area contributed by atoms with E-state index in [-0.39, 0.29) is 11.9 Å². The molecule has 3 rings (SSSR count). The summed E-state index contributed by atoms with van der Waals surface area (Å²) in [5.74, 6) is 0.0808. The van der Waals surface area contributed by atoms with Crippen LogP contribution in [0.5, 0.6) is 5.75 Å². The van der Waals surface area contributed by atoms with E-state index in [1.54, 1.807) is 17.4 Å². The molecule has 1 unspecified atom stereocenters. The molecule has 2 atom stereocenters. The Balaban J connectivity index is 1.95. The fraction of sp³-hybridized carbons (Fsp3) is 0.231. The van der Waals surface area contributed by atoms with Crippen molar-refractivity contribution < 1.29 is 14.2 Å². The summed E-state index contributed by atoms with van der Waals surface area (Å²) in [6.07, 6.45) is -0.336. The number of aliphatic hydroxyl groups is 1. The van der Waals surface area contributed by atoms with Crippen LogP contribution in [0.3, 0.4) is 0 Å². The zero-order valence-electron chi connectivity index (χ0n) is 9.27. The summed E-state index contributed by atoms with van der Waals surface area (Å²) in [6.45, 7) is 0. The van der Waals surface area contributed by atoms with Crippen LogP contribution in [-0.2, 0) is 0 Å². The largest absolute Gasteiger partial charge is 0.484 e. The Hall–Kier alpha value is -0.910. The summed E-state index contributed by atoms with van der Waals surface area (Å²) in [5, 5.41) is 10.1. The van der Waals surface area contributed by atoms with Gasteiger partial charge in [0.05, 0.1) is 9.89 Å². The monoisotopic (exact) mass is 328 g/mol. The lowest BCUT2D eigenvalue weighted by Gasteiger charge is -2.29. The van der Waals surface area contributed by atoms with Gasteiger partial charge in [0, 0.05) is 22.9 Å². The van der Waals surface area contributed by atoms with Crippen molar-refractivity contribution in [3.63, 3.8) is 0 Å². The lowest BCUT2D eigenvalue weighted by atomic mass is 9.98. The van der Waals surface area contributed by atoms with Crippen LogP contribution >= 0.6 is 27.3 Å². The molecule has 1 aromatic carbocycles. The predicted octanol–water partition coefficient (Wildman–Crippen LogP) is 4.21. The number of ether oxygens (including phenoxy) is 1. The Morgan fingerprint density at radius 2 is 2.17 bits per heavy atom. The normalized spacial score (nSPS) is 22.4. The standard InChI is InChI=1S/C13H10BrFO2S/c14-13-4-3-12(18-13)11-6-9(16)8-2-1-7(15)5-10(8)17-11/h1-5,9,11,16H,6H2/t9-,11?/m1/s1. The van der Waals surface area contributed by atoms with Gasteiger partial charge in [0.25, 0.3) is 0 Å². The molecule has 1 N–H and O–H groups in total. The van der Waals surface area contributed by atoms with Gasteiger partial charge in [-0.15, -0.1) is 11.3 Å². The van der Waals surface area contributed by atoms with E-state index < -0.39 is 6.10 Å². The molecule has 5 heteroatoms. The number of rotatable bonds is 1. The second-order valence-corrected chi connectivity index (χ2v) is 6.68. The van der Waals surface area contributed by atoms with Crippen molar-refractivity contribution in [1.82, 2.24) is 0 Å². The Morgan fingerprint density at radius 1 is 1.33 bits per heavy atom. The minimum absolute atomic E-state index is 0.217. The van der Waals surface area contributed by atoms with E-state index in [1.165, 1.54) is 12.1 Å². The molecule has 0 bridgehead atoms. The zero-order chi connectivity index (χ0) is 12.7. The lowest BCUT2D eigenvalue weighted by Crippen LogP contribution is -2.18. The molecule has 0 saturated heterocycles. The summed E-state index contributed by atoms with van der Waals surface area (Å²) in [7, 11) is 0. The predicted molar refractivity (Wildman–Crippen MR) is 71.4 cm³/mol. The molecule has 0 aliphatic carbocycles. The SMILES string of the molecule is O[C@@H]1CC(c2ccc(Br)s2)Oc2cc(F)ccc21. The molecular weight excluding hydrogens is 319 g/mol. The first-order valence-corrected chi connectivity index (χ1v) is 7.14. The van der Waals surface area contributed by atoms with Crippen molar-refractivity contribution in [2.24, 2.45) is 0 Å². The number of fused-ring (bicyclic) bond motifs is 1. The molecule has 0 amide bonds. The molecule has 2 heterocycles. The zero-order valence-corrected chi connectivity index (χ0v) is 11.7. The molecule has 1 aliphatic heterocycles. The maximum Gasteiger partial charge on any atom is 0.136 e. The van der Waals surface area contributed by atoms with Gasteiger partial charge in [0.2, 0.25) is 0 Å². The molecule has 18 heavy (non-hydrogen) atoms. The molecule has 0 radical (unpaired) electrons. The first-order chi connectivity index (χ1) is 8.63. The van der Waals surface area contributed by atoms with Crippen LogP contribution < -0.4 is 4.74 Å². The summed E-state index contributed by atoms with van der Waals surface area (Å²) in [5.41, 5.74) is 0.656. The molecule has 0 saturated carbocycles. The molecule has 0 fully saturated rings. The van der Waals surface area contributed by atoms with Gasteiger partial charge < -0.3 is 9.84 Å². The Kier molecular flexibility index (Phi) is 3.13. The quantitative estimate of drug-likeness (QED) is 0.849. The van der Waals surface area contributed by atoms with Gasteiger partial charge in [-0.05, 0) is 40.2 Å². The van der Waals surface area contributed by atoms with Gasteiger partial charge in [-0.2, -0.15) is 0 Å². The maximum absolute atomic E-state index is 13.2. The molecule has 1 aliphatic rings. The van der Waals surface area contributed by atoms with Gasteiger partial charge in [-0.1, -0.05) is 0 Å². The van der Waals surface area contributed by atoms with Crippen molar-refractivity contribution in [3.05, 3.63) is 50.4 Å². The number of benzene rings is 1. The lowest BCUT2D eigenvalue weighted by molar-refractivity contribution is 0.0671. The van der Waals surface area contributed by atoms with E-state index in [0.29, 0.717) is 17.7 Å². The summed E-state index contributed by atoms with van der Waals surface area (Å²) >= 11 is 4.96. The van der Waals surface area contributed by atoms with Crippen molar-refractivity contribution in [2.45, 2.75) is 18.6 Å². The van der Waals surface area contributed by atoms with E-state index in [1.807, 2.05) is 12.1 Å². The minimum atomic E-state index is -0.611. The third-order valence-electron chi connectivity index (χ3n) is 2.95. The third kappa shape index (κ3) is 2.18. The number of thiophene rings is 1. The van der Waals surface area contributed by atoms with Crippen molar-refractivity contribution in [1.29, 1.82) is 0 Å². The Labute approximate surface area is 116 Å². The number of halogens is 2. The Morgan fingerprint density at radius 3 is 2.89 bits per heavy atom. The van der Waals surface area contributed by atoms with Crippen molar-refractivity contribution in [3.8, 4) is 5.75 Å². The second kappa shape index (κ2) is 4.64. The van der Waals surface area contributed by atoms with Crippen LogP contribution in [0.1, 0.15) is 29.1 Å². The topological polar surface area (TPSA) is 29.5 Å². The van der Waals surface area contributed by atoms with Crippen LogP contribution in [0.4, 0.5) is 4.39 Å². The van der Waals surface area contributed by atoms with E-state index in [0.717, 1.165) is 8.66 Å². The molecule has 1 aromatic heterocycles. The average molecular weight is 329 g/mol. The smallest absolute Gasteiger partial charge is 0.136 e. The van der Waals surface area contributed by atoms with E-state index in [2.05, 4.69) is 15.9 Å². The fourth-order valence-corrected chi connectivity index (χ4v) is 3.56. The highest BCUT2D eigenvalue weighted by Crippen LogP contribution is 2.43. The van der Waals surface area contributed by atoms with Crippen molar-refractivity contribution >= 4 is 27.3 Å². The fourth-order valence-electron chi connectivity index (χ4n) is 2.09. The van der Waals surface area contributed by atoms with Gasteiger partial charge >= 0.3 is 0 Å². The Bertz CT molecular complexity index is 584. The van der Waals surface area contributed by atoms with Crippen LogP contribution in [-0.4, -0.2) is 5.11 Å². The number of aliphatic hydroxyl groups excluding tert-OH is 1. The third-order valence-corrected chi connectivity index (χ3v) is 4.67.